The lowest BCUT2D eigenvalue weighted by Gasteiger charge is -2.28. The van der Waals surface area contributed by atoms with E-state index in [1.165, 1.54) is 37.2 Å². The van der Waals surface area contributed by atoms with E-state index in [1.54, 1.807) is 0 Å². The lowest BCUT2D eigenvalue weighted by molar-refractivity contribution is 0.241. The third kappa shape index (κ3) is 5.18. The summed E-state index contributed by atoms with van der Waals surface area (Å²) >= 11 is 7.01. The van der Waals surface area contributed by atoms with Gasteiger partial charge in [-0.05, 0) is 18.6 Å². The van der Waals surface area contributed by atoms with Crippen molar-refractivity contribution in [3.63, 3.8) is 0 Å². The van der Waals surface area contributed by atoms with Crippen LogP contribution in [0.15, 0.2) is 0 Å². The Morgan fingerprint density at radius 2 is 2.13 bits per heavy atom. The smallest absolute Gasteiger partial charge is 0.0870 e. The summed E-state index contributed by atoms with van der Waals surface area (Å²) in [6.45, 7) is 4.16. The van der Waals surface area contributed by atoms with Gasteiger partial charge in [-0.3, -0.25) is 4.90 Å². The van der Waals surface area contributed by atoms with Gasteiger partial charge in [0.05, 0.1) is 4.99 Å². The van der Waals surface area contributed by atoms with Gasteiger partial charge < -0.3 is 5.73 Å². The summed E-state index contributed by atoms with van der Waals surface area (Å²) in [4.78, 5) is 3.13. The van der Waals surface area contributed by atoms with Gasteiger partial charge in [0.15, 0.2) is 0 Å². The summed E-state index contributed by atoms with van der Waals surface area (Å²) in [6, 6.07) is 0.740. The van der Waals surface area contributed by atoms with Crippen molar-refractivity contribution in [3.05, 3.63) is 0 Å². The second-order valence-corrected chi connectivity index (χ2v) is 5.99. The number of rotatable bonds is 7. The first-order valence-corrected chi connectivity index (χ1v) is 7.40. The molecule has 0 amide bonds. The summed E-state index contributed by atoms with van der Waals surface area (Å²) < 4.78 is 0. The van der Waals surface area contributed by atoms with Crippen LogP contribution in [0.3, 0.4) is 0 Å². The minimum atomic E-state index is 0.642. The molecular formula is C11H22N2S2. The summed E-state index contributed by atoms with van der Waals surface area (Å²) in [5, 5.41) is 0. The van der Waals surface area contributed by atoms with E-state index in [0.29, 0.717) is 4.99 Å². The van der Waals surface area contributed by atoms with E-state index in [4.69, 9.17) is 18.0 Å². The van der Waals surface area contributed by atoms with Crippen molar-refractivity contribution in [2.75, 3.05) is 24.6 Å². The first-order valence-electron chi connectivity index (χ1n) is 5.84. The van der Waals surface area contributed by atoms with E-state index < -0.39 is 0 Å². The van der Waals surface area contributed by atoms with Gasteiger partial charge in [-0.25, -0.2) is 0 Å². The highest BCUT2D eigenvalue weighted by molar-refractivity contribution is 7.99. The van der Waals surface area contributed by atoms with Gasteiger partial charge in [0.1, 0.15) is 0 Å². The Balaban J connectivity index is 2.33. The number of nitrogens with zero attached hydrogens (tertiary/aromatic N) is 1. The number of hydrogen-bond donors (Lipinski definition) is 1. The van der Waals surface area contributed by atoms with Gasteiger partial charge in [-0.1, -0.05) is 32.0 Å². The molecule has 0 aliphatic heterocycles. The van der Waals surface area contributed by atoms with E-state index in [9.17, 15) is 0 Å². The van der Waals surface area contributed by atoms with Crippen molar-refractivity contribution in [2.45, 2.75) is 38.6 Å². The van der Waals surface area contributed by atoms with Gasteiger partial charge in [0, 0.05) is 24.9 Å². The normalized spacial score (nSPS) is 17.5. The molecule has 0 bridgehead atoms. The molecular weight excluding hydrogens is 224 g/mol. The van der Waals surface area contributed by atoms with Gasteiger partial charge >= 0.3 is 0 Å². The van der Waals surface area contributed by atoms with Crippen LogP contribution in [-0.4, -0.2) is 40.5 Å². The summed E-state index contributed by atoms with van der Waals surface area (Å²) in [7, 11) is 0. The van der Waals surface area contributed by atoms with Crippen LogP contribution in [0.25, 0.3) is 0 Å². The highest BCUT2D eigenvalue weighted by Gasteiger charge is 2.22. The maximum atomic E-state index is 5.65. The largest absolute Gasteiger partial charge is 0.392 e. The zero-order chi connectivity index (χ0) is 11.1. The van der Waals surface area contributed by atoms with Gasteiger partial charge in [-0.2, -0.15) is 11.8 Å². The van der Waals surface area contributed by atoms with Crippen LogP contribution in [-0.2, 0) is 0 Å². The van der Waals surface area contributed by atoms with Crippen molar-refractivity contribution in [1.82, 2.24) is 4.90 Å². The zero-order valence-electron chi connectivity index (χ0n) is 9.58. The number of nitrogens with two attached hydrogens (primary N) is 1. The Morgan fingerprint density at radius 3 is 2.67 bits per heavy atom. The molecule has 2 N–H and O–H groups in total. The van der Waals surface area contributed by atoms with E-state index in [2.05, 4.69) is 11.8 Å². The predicted octanol–water partition coefficient (Wildman–Crippen LogP) is 2.27. The van der Waals surface area contributed by atoms with E-state index >= 15 is 0 Å². The minimum absolute atomic E-state index is 0.642. The van der Waals surface area contributed by atoms with Crippen LogP contribution in [0.2, 0.25) is 0 Å². The molecule has 0 spiro atoms. The van der Waals surface area contributed by atoms with Crippen LogP contribution in [0.5, 0.6) is 0 Å². The van der Waals surface area contributed by atoms with Crippen molar-refractivity contribution >= 4 is 29.0 Å². The molecule has 0 aromatic heterocycles. The molecule has 0 atom stereocenters. The Morgan fingerprint density at radius 1 is 1.47 bits per heavy atom. The second-order valence-electron chi connectivity index (χ2n) is 4.07. The van der Waals surface area contributed by atoms with Crippen molar-refractivity contribution in [3.8, 4) is 0 Å². The summed E-state index contributed by atoms with van der Waals surface area (Å²) in [6.07, 6.45) is 5.41. The number of hydrogen-bond acceptors (Lipinski definition) is 3. The quantitative estimate of drug-likeness (QED) is 0.551. The average molecular weight is 246 g/mol. The van der Waals surface area contributed by atoms with Gasteiger partial charge in [0.25, 0.3) is 0 Å². The summed E-state index contributed by atoms with van der Waals surface area (Å²) in [5.41, 5.74) is 5.65. The first kappa shape index (κ1) is 13.3. The second kappa shape index (κ2) is 7.47. The third-order valence-corrected chi connectivity index (χ3v) is 3.94. The maximum Gasteiger partial charge on any atom is 0.0870 e. The standard InChI is InChI=1S/C11H22N2S2/c1-2-15-8-7-13(9-11(12)14)10-5-3-4-6-10/h10H,2-9H2,1H3,(H2,12,14). The molecule has 0 unspecified atom stereocenters. The molecule has 0 aromatic rings. The molecule has 1 aliphatic rings. The van der Waals surface area contributed by atoms with Crippen LogP contribution < -0.4 is 5.73 Å². The molecule has 1 aliphatic carbocycles. The number of thioether (sulfide) groups is 1. The first-order chi connectivity index (χ1) is 7.24. The van der Waals surface area contributed by atoms with Gasteiger partial charge in [0.2, 0.25) is 0 Å². The fourth-order valence-corrected chi connectivity index (χ4v) is 3.00. The fraction of sp³-hybridized carbons (Fsp3) is 0.909. The van der Waals surface area contributed by atoms with Crippen LogP contribution >= 0.6 is 24.0 Å². The molecule has 4 heteroatoms. The Kier molecular flexibility index (Phi) is 6.61. The molecule has 1 saturated carbocycles. The van der Waals surface area contributed by atoms with Crippen LogP contribution in [0, 0.1) is 0 Å². The molecule has 15 heavy (non-hydrogen) atoms. The molecule has 0 saturated heterocycles. The van der Waals surface area contributed by atoms with E-state index in [-0.39, 0.29) is 0 Å². The lowest BCUT2D eigenvalue weighted by Crippen LogP contribution is -2.40. The van der Waals surface area contributed by atoms with Crippen molar-refractivity contribution in [1.29, 1.82) is 0 Å². The molecule has 0 heterocycles. The molecule has 0 aromatic carbocycles. The average Bonchev–Trinajstić information content (AvgIpc) is 2.68. The molecule has 2 nitrogen and oxygen atoms in total. The topological polar surface area (TPSA) is 29.3 Å². The molecule has 1 rings (SSSR count). The molecule has 0 radical (unpaired) electrons. The highest BCUT2D eigenvalue weighted by atomic mass is 32.2. The van der Waals surface area contributed by atoms with Crippen molar-refractivity contribution < 1.29 is 0 Å². The highest BCUT2D eigenvalue weighted by Crippen LogP contribution is 2.23. The third-order valence-electron chi connectivity index (χ3n) is 2.93. The van der Waals surface area contributed by atoms with Gasteiger partial charge in [-0.15, -0.1) is 0 Å². The Hall–Kier alpha value is 0.200. The maximum absolute atomic E-state index is 5.65. The monoisotopic (exact) mass is 246 g/mol. The fourth-order valence-electron chi connectivity index (χ4n) is 2.19. The zero-order valence-corrected chi connectivity index (χ0v) is 11.2. The van der Waals surface area contributed by atoms with E-state index in [1.807, 2.05) is 11.8 Å². The Labute approximate surface area is 103 Å². The summed E-state index contributed by atoms with van der Waals surface area (Å²) in [5.74, 6) is 2.40. The minimum Gasteiger partial charge on any atom is -0.392 e. The van der Waals surface area contributed by atoms with Crippen molar-refractivity contribution in [2.24, 2.45) is 5.73 Å². The molecule has 1 fully saturated rings. The SMILES string of the molecule is CCSCCN(CC(N)=S)C1CCCC1. The lowest BCUT2D eigenvalue weighted by atomic mass is 10.2. The van der Waals surface area contributed by atoms with E-state index in [0.717, 1.165) is 19.1 Å². The number of thiocarbonyl (C=S) groups is 1. The van der Waals surface area contributed by atoms with Crippen LogP contribution in [0.4, 0.5) is 0 Å². The molecule has 88 valence electrons. The Bertz CT molecular complexity index is 191. The van der Waals surface area contributed by atoms with Crippen LogP contribution in [0.1, 0.15) is 32.6 Å². The predicted molar refractivity (Wildman–Crippen MR) is 73.6 cm³/mol.